The highest BCUT2D eigenvalue weighted by atomic mass is 16.3. The fraction of sp³-hybridized carbons (Fsp3) is 0.125. The molecule has 1 N–H and O–H groups in total. The maximum atomic E-state index is 10.5. The van der Waals surface area contributed by atoms with Gasteiger partial charge in [0, 0.05) is 17.8 Å². The lowest BCUT2D eigenvalue weighted by Gasteiger charge is -2.13. The molecule has 1 atom stereocenters. The van der Waals surface area contributed by atoms with Crippen LogP contribution in [0.25, 0.3) is 10.9 Å². The normalized spacial score (nSPS) is 12.5. The van der Waals surface area contributed by atoms with Gasteiger partial charge < -0.3 is 5.11 Å². The van der Waals surface area contributed by atoms with Crippen molar-refractivity contribution in [3.63, 3.8) is 0 Å². The fourth-order valence-electron chi connectivity index (χ4n) is 2.17. The molecule has 0 fully saturated rings. The molecule has 0 spiro atoms. The predicted octanol–water partition coefficient (Wildman–Crippen LogP) is 3.02. The van der Waals surface area contributed by atoms with Gasteiger partial charge in [-0.3, -0.25) is 9.97 Å². The quantitative estimate of drug-likeness (QED) is 0.760. The van der Waals surface area contributed by atoms with Crippen molar-refractivity contribution in [3.8, 4) is 0 Å². The van der Waals surface area contributed by atoms with Gasteiger partial charge in [-0.15, -0.1) is 0 Å². The number of hydrogen-bond acceptors (Lipinski definition) is 3. The zero-order chi connectivity index (χ0) is 13.2. The van der Waals surface area contributed by atoms with Crippen molar-refractivity contribution in [1.82, 2.24) is 9.97 Å². The van der Waals surface area contributed by atoms with Gasteiger partial charge in [0.2, 0.25) is 0 Å². The van der Waals surface area contributed by atoms with E-state index in [2.05, 4.69) is 9.97 Å². The maximum Gasteiger partial charge on any atom is 0.122 e. The van der Waals surface area contributed by atoms with E-state index in [9.17, 15) is 5.11 Å². The molecule has 0 bridgehead atoms. The fourth-order valence-corrected chi connectivity index (χ4v) is 2.17. The third-order valence-electron chi connectivity index (χ3n) is 3.19. The van der Waals surface area contributed by atoms with Crippen LogP contribution >= 0.6 is 0 Å². The molecule has 19 heavy (non-hydrogen) atoms. The van der Waals surface area contributed by atoms with Gasteiger partial charge in [-0.1, -0.05) is 24.3 Å². The number of benzene rings is 1. The average Bonchev–Trinajstić information content (AvgIpc) is 2.47. The lowest BCUT2D eigenvalue weighted by molar-refractivity contribution is 0.217. The summed E-state index contributed by atoms with van der Waals surface area (Å²) in [5.41, 5.74) is 3.45. The molecule has 3 aromatic rings. The Kier molecular flexibility index (Phi) is 2.97. The standard InChI is InChI=1S/C16H14N2O/c1-11-7-8-15(18-10-11)16(19)13-4-2-6-14-12(13)5-3-9-17-14/h2-10,16,19H,1H3. The molecule has 3 nitrogen and oxygen atoms in total. The SMILES string of the molecule is Cc1ccc(C(O)c2cccc3ncccc23)nc1. The Morgan fingerprint density at radius 3 is 2.68 bits per heavy atom. The van der Waals surface area contributed by atoms with Crippen LogP contribution in [0.4, 0.5) is 0 Å². The Hall–Kier alpha value is -2.26. The van der Waals surface area contributed by atoms with Crippen LogP contribution in [0.5, 0.6) is 0 Å². The molecule has 1 aromatic carbocycles. The first-order valence-corrected chi connectivity index (χ1v) is 6.20. The topological polar surface area (TPSA) is 46.0 Å². The number of rotatable bonds is 2. The minimum absolute atomic E-state index is 0.655. The molecule has 0 saturated heterocycles. The second kappa shape index (κ2) is 4.78. The summed E-state index contributed by atoms with van der Waals surface area (Å²) in [6.07, 6.45) is 2.79. The minimum Gasteiger partial charge on any atom is -0.382 e. The first-order chi connectivity index (χ1) is 9.25. The number of aliphatic hydroxyl groups is 1. The third kappa shape index (κ3) is 2.20. The summed E-state index contributed by atoms with van der Waals surface area (Å²) in [6, 6.07) is 13.4. The summed E-state index contributed by atoms with van der Waals surface area (Å²) in [5, 5.41) is 11.4. The minimum atomic E-state index is -0.728. The maximum absolute atomic E-state index is 10.5. The van der Waals surface area contributed by atoms with Crippen molar-refractivity contribution < 1.29 is 5.11 Å². The zero-order valence-electron chi connectivity index (χ0n) is 10.6. The Morgan fingerprint density at radius 2 is 1.89 bits per heavy atom. The van der Waals surface area contributed by atoms with Crippen LogP contribution < -0.4 is 0 Å². The smallest absolute Gasteiger partial charge is 0.122 e. The third-order valence-corrected chi connectivity index (χ3v) is 3.19. The van der Waals surface area contributed by atoms with Gasteiger partial charge >= 0.3 is 0 Å². The van der Waals surface area contributed by atoms with Crippen LogP contribution in [0, 0.1) is 6.92 Å². The van der Waals surface area contributed by atoms with Gasteiger partial charge in [0.15, 0.2) is 0 Å². The largest absolute Gasteiger partial charge is 0.382 e. The van der Waals surface area contributed by atoms with Crippen LogP contribution in [0.15, 0.2) is 54.9 Å². The second-order valence-electron chi connectivity index (χ2n) is 4.58. The van der Waals surface area contributed by atoms with E-state index in [-0.39, 0.29) is 0 Å². The Labute approximate surface area is 111 Å². The highest BCUT2D eigenvalue weighted by Crippen LogP contribution is 2.26. The van der Waals surface area contributed by atoms with E-state index in [1.807, 2.05) is 49.4 Å². The molecule has 0 radical (unpaired) electrons. The van der Waals surface area contributed by atoms with Crippen LogP contribution in [-0.4, -0.2) is 15.1 Å². The van der Waals surface area contributed by atoms with E-state index in [0.29, 0.717) is 5.69 Å². The summed E-state index contributed by atoms with van der Waals surface area (Å²) >= 11 is 0. The molecule has 0 saturated carbocycles. The number of fused-ring (bicyclic) bond motifs is 1. The highest BCUT2D eigenvalue weighted by molar-refractivity contribution is 5.82. The first kappa shape index (κ1) is 11.8. The monoisotopic (exact) mass is 250 g/mol. The van der Waals surface area contributed by atoms with Crippen LogP contribution in [0.2, 0.25) is 0 Å². The molecule has 94 valence electrons. The molecule has 3 rings (SSSR count). The lowest BCUT2D eigenvalue weighted by Crippen LogP contribution is -2.03. The first-order valence-electron chi connectivity index (χ1n) is 6.20. The average molecular weight is 250 g/mol. The summed E-state index contributed by atoms with van der Waals surface area (Å²) in [6.45, 7) is 1.98. The van der Waals surface area contributed by atoms with Crippen molar-refractivity contribution in [3.05, 3.63) is 71.7 Å². The number of aromatic nitrogens is 2. The van der Waals surface area contributed by atoms with Gasteiger partial charge in [0.25, 0.3) is 0 Å². The van der Waals surface area contributed by atoms with Gasteiger partial charge in [0.05, 0.1) is 11.2 Å². The van der Waals surface area contributed by atoms with Crippen molar-refractivity contribution in [2.45, 2.75) is 13.0 Å². The van der Waals surface area contributed by atoms with E-state index >= 15 is 0 Å². The summed E-state index contributed by atoms with van der Waals surface area (Å²) in [7, 11) is 0. The Bertz CT molecular complexity index is 702. The molecule has 3 heteroatoms. The van der Waals surface area contributed by atoms with Crippen LogP contribution in [0.1, 0.15) is 22.9 Å². The molecule has 1 unspecified atom stereocenters. The van der Waals surface area contributed by atoms with E-state index in [1.165, 1.54) is 0 Å². The van der Waals surface area contributed by atoms with Gasteiger partial charge in [-0.2, -0.15) is 0 Å². The molecule has 2 aromatic heterocycles. The molecule has 0 aliphatic carbocycles. The van der Waals surface area contributed by atoms with Gasteiger partial charge in [-0.05, 0) is 36.2 Å². The summed E-state index contributed by atoms with van der Waals surface area (Å²) in [4.78, 5) is 8.59. The molecule has 0 amide bonds. The summed E-state index contributed by atoms with van der Waals surface area (Å²) < 4.78 is 0. The number of pyridine rings is 2. The molecule has 0 aliphatic heterocycles. The molecule has 2 heterocycles. The predicted molar refractivity (Wildman–Crippen MR) is 74.8 cm³/mol. The number of nitrogens with zero attached hydrogens (tertiary/aromatic N) is 2. The molecular formula is C16H14N2O. The summed E-state index contributed by atoms with van der Waals surface area (Å²) in [5.74, 6) is 0. The van der Waals surface area contributed by atoms with E-state index < -0.39 is 6.10 Å². The van der Waals surface area contributed by atoms with Crippen LogP contribution in [0.3, 0.4) is 0 Å². The highest BCUT2D eigenvalue weighted by Gasteiger charge is 2.14. The van der Waals surface area contributed by atoms with Crippen molar-refractivity contribution in [2.75, 3.05) is 0 Å². The number of aliphatic hydroxyl groups excluding tert-OH is 1. The lowest BCUT2D eigenvalue weighted by atomic mass is 10.0. The van der Waals surface area contributed by atoms with E-state index in [4.69, 9.17) is 0 Å². The van der Waals surface area contributed by atoms with Crippen molar-refractivity contribution in [2.24, 2.45) is 0 Å². The second-order valence-corrected chi connectivity index (χ2v) is 4.58. The van der Waals surface area contributed by atoms with Crippen molar-refractivity contribution in [1.29, 1.82) is 0 Å². The van der Waals surface area contributed by atoms with Gasteiger partial charge in [0.1, 0.15) is 6.10 Å². The number of aryl methyl sites for hydroxylation is 1. The Morgan fingerprint density at radius 1 is 1.00 bits per heavy atom. The van der Waals surface area contributed by atoms with Gasteiger partial charge in [-0.25, -0.2) is 0 Å². The molecule has 0 aliphatic rings. The number of hydrogen-bond donors (Lipinski definition) is 1. The van der Waals surface area contributed by atoms with E-state index in [0.717, 1.165) is 22.0 Å². The van der Waals surface area contributed by atoms with Crippen LogP contribution in [-0.2, 0) is 0 Å². The van der Waals surface area contributed by atoms with Crippen molar-refractivity contribution >= 4 is 10.9 Å². The zero-order valence-corrected chi connectivity index (χ0v) is 10.6. The molecular weight excluding hydrogens is 236 g/mol. The Balaban J connectivity index is 2.11. The van der Waals surface area contributed by atoms with E-state index in [1.54, 1.807) is 12.4 Å².